The lowest BCUT2D eigenvalue weighted by molar-refractivity contribution is -0.115. The molecular formula is C24H14Cl3FN2O3S. The fourth-order valence-electron chi connectivity index (χ4n) is 2.92. The lowest BCUT2D eigenvalue weighted by Gasteiger charge is -2.11. The molecule has 0 aliphatic carbocycles. The van der Waals surface area contributed by atoms with Crippen LogP contribution in [-0.2, 0) is 11.4 Å². The zero-order valence-electron chi connectivity index (χ0n) is 17.2. The Hall–Kier alpha value is -2.84. The first-order valence-corrected chi connectivity index (χ1v) is 11.7. The van der Waals surface area contributed by atoms with Gasteiger partial charge in [0.2, 0.25) is 0 Å². The molecule has 5 nitrogen and oxygen atoms in total. The number of carbonyl (C=O) groups excluding carboxylic acids is 2. The Bertz CT molecular complexity index is 1300. The summed E-state index contributed by atoms with van der Waals surface area (Å²) in [5.74, 6) is -0.978. The number of amides is 2. The molecule has 0 aromatic heterocycles. The van der Waals surface area contributed by atoms with Crippen molar-refractivity contribution in [2.45, 2.75) is 6.61 Å². The largest absolute Gasteiger partial charge is 0.486 e. The lowest BCUT2D eigenvalue weighted by atomic mass is 10.2. The highest BCUT2D eigenvalue weighted by molar-refractivity contribution is 8.18. The van der Waals surface area contributed by atoms with E-state index in [0.717, 1.165) is 17.3 Å². The van der Waals surface area contributed by atoms with Crippen LogP contribution in [0, 0.1) is 5.82 Å². The second kappa shape index (κ2) is 10.6. The molecule has 0 unspecified atom stereocenters. The number of nitrogens with one attached hydrogen (secondary N) is 1. The summed E-state index contributed by atoms with van der Waals surface area (Å²) in [5.41, 5.74) is 1.66. The van der Waals surface area contributed by atoms with Gasteiger partial charge in [0.1, 0.15) is 12.4 Å². The quantitative estimate of drug-likeness (QED) is 0.366. The summed E-state index contributed by atoms with van der Waals surface area (Å²) in [6.45, 7) is 0.153. The van der Waals surface area contributed by atoms with Crippen molar-refractivity contribution in [3.05, 3.63) is 103 Å². The predicted molar refractivity (Wildman–Crippen MR) is 134 cm³/mol. The molecule has 1 aliphatic heterocycles. The average Bonchev–Trinajstić information content (AvgIpc) is 3.13. The third kappa shape index (κ3) is 5.98. The van der Waals surface area contributed by atoms with Crippen molar-refractivity contribution in [2.75, 3.05) is 0 Å². The molecule has 1 aliphatic rings. The van der Waals surface area contributed by atoms with E-state index in [-0.39, 0.29) is 33.4 Å². The van der Waals surface area contributed by atoms with E-state index in [1.54, 1.807) is 54.6 Å². The molecule has 3 aromatic rings. The fourth-order valence-corrected chi connectivity index (χ4v) is 4.48. The first kappa shape index (κ1) is 24.3. The Morgan fingerprint density at radius 1 is 1.03 bits per heavy atom. The Morgan fingerprint density at radius 2 is 1.68 bits per heavy atom. The van der Waals surface area contributed by atoms with Crippen LogP contribution in [0.4, 0.5) is 4.39 Å². The Kier molecular flexibility index (Phi) is 7.58. The monoisotopic (exact) mass is 534 g/mol. The minimum absolute atomic E-state index is 0.153. The third-order valence-electron chi connectivity index (χ3n) is 4.56. The minimum atomic E-state index is -0.505. The number of hydrogen-bond donors (Lipinski definition) is 1. The molecule has 2 amide bonds. The van der Waals surface area contributed by atoms with E-state index in [9.17, 15) is 14.0 Å². The van der Waals surface area contributed by atoms with Crippen molar-refractivity contribution in [3.63, 3.8) is 0 Å². The van der Waals surface area contributed by atoms with Crippen LogP contribution in [0.5, 0.6) is 5.75 Å². The van der Waals surface area contributed by atoms with Gasteiger partial charge in [-0.15, -0.1) is 0 Å². The van der Waals surface area contributed by atoms with Crippen molar-refractivity contribution in [1.29, 1.82) is 0 Å². The van der Waals surface area contributed by atoms with Crippen molar-refractivity contribution < 1.29 is 18.7 Å². The first-order valence-electron chi connectivity index (χ1n) is 9.74. The topological polar surface area (TPSA) is 67.8 Å². The van der Waals surface area contributed by atoms with Crippen LogP contribution in [0.2, 0.25) is 15.1 Å². The number of rotatable bonds is 5. The zero-order valence-corrected chi connectivity index (χ0v) is 20.2. The molecule has 1 N–H and O–H groups in total. The number of hydrogen-bond acceptors (Lipinski definition) is 4. The van der Waals surface area contributed by atoms with Gasteiger partial charge in [-0.1, -0.05) is 46.9 Å². The highest BCUT2D eigenvalue weighted by Gasteiger charge is 2.25. The van der Waals surface area contributed by atoms with Crippen LogP contribution >= 0.6 is 46.6 Å². The fraction of sp³-hybridized carbons (Fsp3) is 0.0417. The van der Waals surface area contributed by atoms with Crippen LogP contribution in [0.15, 0.2) is 70.6 Å². The molecule has 1 saturated heterocycles. The molecule has 172 valence electrons. The smallest absolute Gasteiger partial charge is 0.279 e. The maximum Gasteiger partial charge on any atom is 0.279 e. The van der Waals surface area contributed by atoms with Gasteiger partial charge in [0.15, 0.2) is 10.9 Å². The molecule has 0 bridgehead atoms. The maximum absolute atomic E-state index is 13.0. The molecule has 1 fully saturated rings. The van der Waals surface area contributed by atoms with Gasteiger partial charge in [0.25, 0.3) is 11.8 Å². The van der Waals surface area contributed by atoms with Gasteiger partial charge in [-0.2, -0.15) is 4.99 Å². The van der Waals surface area contributed by atoms with E-state index < -0.39 is 11.8 Å². The molecule has 0 spiro atoms. The molecule has 0 atom stereocenters. The number of benzene rings is 3. The van der Waals surface area contributed by atoms with Gasteiger partial charge < -0.3 is 10.1 Å². The molecule has 1 heterocycles. The van der Waals surface area contributed by atoms with Gasteiger partial charge in [-0.05, 0) is 77.5 Å². The van der Waals surface area contributed by atoms with Crippen molar-refractivity contribution >= 4 is 69.6 Å². The summed E-state index contributed by atoms with van der Waals surface area (Å²) < 4.78 is 18.7. The molecule has 0 radical (unpaired) electrons. The molecule has 3 aromatic carbocycles. The van der Waals surface area contributed by atoms with E-state index in [2.05, 4.69) is 10.3 Å². The Morgan fingerprint density at radius 3 is 2.32 bits per heavy atom. The van der Waals surface area contributed by atoms with Crippen molar-refractivity contribution in [2.24, 2.45) is 4.99 Å². The third-order valence-corrected chi connectivity index (χ3v) is 6.28. The number of amidine groups is 1. The van der Waals surface area contributed by atoms with Crippen molar-refractivity contribution in [1.82, 2.24) is 5.32 Å². The SMILES string of the molecule is O=C1NC(=NC(=O)c2ccc(Cl)cc2)S/C1=C\c1cc(Cl)c(OCc2ccc(F)cc2)c(Cl)c1. The molecule has 10 heteroatoms. The predicted octanol–water partition coefficient (Wildman–Crippen LogP) is 6.77. The minimum Gasteiger partial charge on any atom is -0.486 e. The number of halogens is 4. The highest BCUT2D eigenvalue weighted by atomic mass is 35.5. The van der Waals surface area contributed by atoms with E-state index in [4.69, 9.17) is 39.5 Å². The van der Waals surface area contributed by atoms with E-state index >= 15 is 0 Å². The van der Waals surface area contributed by atoms with Gasteiger partial charge in [-0.25, -0.2) is 4.39 Å². The number of ether oxygens (including phenoxy) is 1. The van der Waals surface area contributed by atoms with Crippen LogP contribution in [0.25, 0.3) is 6.08 Å². The summed E-state index contributed by atoms with van der Waals surface area (Å²) in [5, 5.41) is 3.72. The summed E-state index contributed by atoms with van der Waals surface area (Å²) in [7, 11) is 0. The lowest BCUT2D eigenvalue weighted by Crippen LogP contribution is -2.20. The number of aliphatic imine (C=N–C) groups is 1. The average molecular weight is 536 g/mol. The van der Waals surface area contributed by atoms with E-state index in [1.165, 1.54) is 12.1 Å². The van der Waals surface area contributed by atoms with Crippen LogP contribution in [-0.4, -0.2) is 17.0 Å². The summed E-state index contributed by atoms with van der Waals surface area (Å²) in [6, 6.07) is 15.3. The van der Waals surface area contributed by atoms with Gasteiger partial charge in [0, 0.05) is 10.6 Å². The highest BCUT2D eigenvalue weighted by Crippen LogP contribution is 2.36. The Balaban J connectivity index is 1.47. The van der Waals surface area contributed by atoms with Crippen molar-refractivity contribution in [3.8, 4) is 5.75 Å². The molecular weight excluding hydrogens is 522 g/mol. The van der Waals surface area contributed by atoms with Gasteiger partial charge in [0.05, 0.1) is 15.0 Å². The molecule has 34 heavy (non-hydrogen) atoms. The second-order valence-electron chi connectivity index (χ2n) is 7.02. The van der Waals surface area contributed by atoms with Gasteiger partial charge >= 0.3 is 0 Å². The number of carbonyl (C=O) groups is 2. The molecule has 0 saturated carbocycles. The van der Waals surface area contributed by atoms with Gasteiger partial charge in [-0.3, -0.25) is 9.59 Å². The number of thioether (sulfide) groups is 1. The molecule has 4 rings (SSSR count). The van der Waals surface area contributed by atoms with Crippen LogP contribution in [0.3, 0.4) is 0 Å². The summed E-state index contributed by atoms with van der Waals surface area (Å²) >= 11 is 19.5. The normalized spacial score (nSPS) is 15.6. The van der Waals surface area contributed by atoms with Crippen LogP contribution < -0.4 is 10.1 Å². The van der Waals surface area contributed by atoms with E-state index in [1.807, 2.05) is 0 Å². The summed E-state index contributed by atoms with van der Waals surface area (Å²) in [6.07, 6.45) is 1.58. The zero-order chi connectivity index (χ0) is 24.2. The van der Waals surface area contributed by atoms with E-state index in [0.29, 0.717) is 21.1 Å². The Labute approximate surface area is 213 Å². The van der Waals surface area contributed by atoms with Crippen LogP contribution in [0.1, 0.15) is 21.5 Å². The maximum atomic E-state index is 13.0. The number of nitrogens with zero attached hydrogens (tertiary/aromatic N) is 1. The first-order chi connectivity index (χ1) is 16.3. The standard InChI is InChI=1S/C24H14Cl3FN2O3S/c25-16-5-3-15(4-6-16)22(31)29-24-30-23(32)20(34-24)11-14-9-18(26)21(19(27)10-14)33-12-13-1-7-17(28)8-2-13/h1-11H,12H2,(H,29,30,31,32)/b20-11-. The summed E-state index contributed by atoms with van der Waals surface area (Å²) in [4.78, 5) is 28.9. The second-order valence-corrected chi connectivity index (χ2v) is 9.30.